The largest absolute Gasteiger partial charge is 0.378 e. The van der Waals surface area contributed by atoms with Gasteiger partial charge in [0.2, 0.25) is 5.91 Å². The molecule has 4 rings (SSSR count). The second-order valence-corrected chi connectivity index (χ2v) is 6.24. The molecular formula is C14H13Cl2N5O2. The minimum absolute atomic E-state index is 0.0428. The highest BCUT2D eigenvalue weighted by molar-refractivity contribution is 6.42. The first-order valence-corrected chi connectivity index (χ1v) is 7.90. The molecule has 2 aliphatic heterocycles. The van der Waals surface area contributed by atoms with Gasteiger partial charge in [0, 0.05) is 6.54 Å². The topological polar surface area (TPSA) is 72.3 Å². The van der Waals surface area contributed by atoms with Crippen molar-refractivity contribution in [3.8, 4) is 5.69 Å². The van der Waals surface area contributed by atoms with Gasteiger partial charge >= 0.3 is 0 Å². The van der Waals surface area contributed by atoms with Crippen molar-refractivity contribution in [3.05, 3.63) is 40.1 Å². The van der Waals surface area contributed by atoms with Crippen molar-refractivity contribution in [3.63, 3.8) is 0 Å². The summed E-state index contributed by atoms with van der Waals surface area (Å²) in [6.07, 6.45) is 1.50. The summed E-state index contributed by atoms with van der Waals surface area (Å²) in [5.41, 5.74) is 1.43. The molecule has 120 valence electrons. The molecule has 2 fully saturated rings. The molecule has 1 aromatic carbocycles. The van der Waals surface area contributed by atoms with Gasteiger partial charge in [-0.25, -0.2) is 4.68 Å². The van der Waals surface area contributed by atoms with Gasteiger partial charge in [0.1, 0.15) is 17.9 Å². The molecule has 0 radical (unpaired) electrons. The molecule has 1 amide bonds. The predicted molar refractivity (Wildman–Crippen MR) is 83.6 cm³/mol. The lowest BCUT2D eigenvalue weighted by molar-refractivity contribution is -0.125. The minimum Gasteiger partial charge on any atom is -0.378 e. The maximum absolute atomic E-state index is 12.0. The summed E-state index contributed by atoms with van der Waals surface area (Å²) in [6.45, 7) is 1.68. The summed E-state index contributed by atoms with van der Waals surface area (Å²) in [5.74, 6) is -0.0428. The van der Waals surface area contributed by atoms with Gasteiger partial charge < -0.3 is 10.1 Å². The summed E-state index contributed by atoms with van der Waals surface area (Å²) < 4.78 is 6.97. The first-order valence-electron chi connectivity index (χ1n) is 7.15. The number of hydrogen-bond donors (Lipinski definition) is 1. The Kier molecular flexibility index (Phi) is 3.73. The van der Waals surface area contributed by atoms with Crippen molar-refractivity contribution in [1.82, 2.24) is 25.2 Å². The lowest BCUT2D eigenvalue weighted by atomic mass is 10.2. The Bertz CT molecular complexity index is 765. The lowest BCUT2D eigenvalue weighted by Crippen LogP contribution is -2.44. The highest BCUT2D eigenvalue weighted by atomic mass is 35.5. The van der Waals surface area contributed by atoms with Crippen LogP contribution in [0, 0.1) is 0 Å². The second-order valence-electron chi connectivity index (χ2n) is 5.43. The van der Waals surface area contributed by atoms with E-state index in [0.29, 0.717) is 35.5 Å². The van der Waals surface area contributed by atoms with Crippen LogP contribution in [0.5, 0.6) is 0 Å². The van der Waals surface area contributed by atoms with Gasteiger partial charge in [-0.1, -0.05) is 28.4 Å². The number of benzene rings is 1. The van der Waals surface area contributed by atoms with Crippen LogP contribution in [-0.4, -0.2) is 51.6 Å². The number of fused-ring (bicyclic) bond motifs is 1. The van der Waals surface area contributed by atoms with Gasteiger partial charge in [0.15, 0.2) is 0 Å². The van der Waals surface area contributed by atoms with Gasteiger partial charge in [-0.3, -0.25) is 9.69 Å². The summed E-state index contributed by atoms with van der Waals surface area (Å²) in [6, 6.07) is 4.96. The number of morpholine rings is 1. The van der Waals surface area contributed by atoms with E-state index in [1.807, 2.05) is 0 Å². The molecule has 2 atom stereocenters. The molecule has 1 aromatic heterocycles. The van der Waals surface area contributed by atoms with Crippen molar-refractivity contribution in [2.24, 2.45) is 0 Å². The summed E-state index contributed by atoms with van der Waals surface area (Å²) in [4.78, 5) is 14.1. The molecule has 2 unspecified atom stereocenters. The molecule has 2 aliphatic rings. The van der Waals surface area contributed by atoms with E-state index < -0.39 is 0 Å². The molecule has 23 heavy (non-hydrogen) atoms. The van der Waals surface area contributed by atoms with Crippen LogP contribution in [0.15, 0.2) is 24.4 Å². The van der Waals surface area contributed by atoms with Crippen molar-refractivity contribution < 1.29 is 9.53 Å². The first kappa shape index (κ1) is 14.9. The number of nitrogens with one attached hydrogen (secondary N) is 1. The summed E-state index contributed by atoms with van der Waals surface area (Å²) >= 11 is 12.0. The second kappa shape index (κ2) is 5.76. The van der Waals surface area contributed by atoms with E-state index in [4.69, 9.17) is 27.9 Å². The van der Waals surface area contributed by atoms with Gasteiger partial charge in [0.05, 0.1) is 35.1 Å². The fraction of sp³-hybridized carbons (Fsp3) is 0.357. The maximum Gasteiger partial charge on any atom is 0.241 e. The number of hydrogen-bond acceptors (Lipinski definition) is 5. The highest BCUT2D eigenvalue weighted by Crippen LogP contribution is 2.28. The molecular weight excluding hydrogens is 341 g/mol. The van der Waals surface area contributed by atoms with Crippen LogP contribution in [0.3, 0.4) is 0 Å². The van der Waals surface area contributed by atoms with Crippen LogP contribution in [0.1, 0.15) is 11.9 Å². The first-order chi connectivity index (χ1) is 11.1. The van der Waals surface area contributed by atoms with Crippen molar-refractivity contribution in [1.29, 1.82) is 0 Å². The lowest BCUT2D eigenvalue weighted by Gasteiger charge is -2.30. The third kappa shape index (κ3) is 2.59. The molecule has 3 heterocycles. The summed E-state index contributed by atoms with van der Waals surface area (Å²) in [7, 11) is 0. The number of ether oxygens (including phenoxy) is 1. The Labute approximate surface area is 142 Å². The molecule has 0 spiro atoms. The van der Waals surface area contributed by atoms with Gasteiger partial charge in [-0.2, -0.15) is 0 Å². The predicted octanol–water partition coefficient (Wildman–Crippen LogP) is 1.40. The maximum atomic E-state index is 12.0. The number of aromatic nitrogens is 3. The highest BCUT2D eigenvalue weighted by Gasteiger charge is 2.43. The zero-order valence-corrected chi connectivity index (χ0v) is 13.5. The van der Waals surface area contributed by atoms with Crippen LogP contribution in [0.2, 0.25) is 10.0 Å². The third-order valence-electron chi connectivity index (χ3n) is 4.04. The zero-order chi connectivity index (χ0) is 16.0. The molecule has 2 saturated heterocycles. The number of rotatable bonds is 2. The van der Waals surface area contributed by atoms with Gasteiger partial charge in [0.25, 0.3) is 0 Å². The van der Waals surface area contributed by atoms with Crippen LogP contribution in [-0.2, 0) is 9.53 Å². The Hall–Kier alpha value is -1.67. The van der Waals surface area contributed by atoms with Crippen molar-refractivity contribution >= 4 is 29.1 Å². The molecule has 0 bridgehead atoms. The van der Waals surface area contributed by atoms with Crippen LogP contribution in [0.25, 0.3) is 5.69 Å². The molecule has 7 nitrogen and oxygen atoms in total. The standard InChI is InChI=1S/C14H13Cl2N5O2/c15-9-2-1-8(5-10(9)16)21-6-11(18-19-21)13-17-14(22)12-7-23-4-3-20(12)13/h1-2,5-6,12-13H,3-4,7H2,(H,17,22). The monoisotopic (exact) mass is 353 g/mol. The molecule has 0 saturated carbocycles. The van der Waals surface area contributed by atoms with E-state index in [1.165, 1.54) is 0 Å². The Balaban J connectivity index is 1.62. The van der Waals surface area contributed by atoms with E-state index in [2.05, 4.69) is 20.5 Å². The number of amides is 1. The fourth-order valence-electron chi connectivity index (χ4n) is 2.87. The smallest absolute Gasteiger partial charge is 0.241 e. The quantitative estimate of drug-likeness (QED) is 0.883. The molecule has 1 N–H and O–H groups in total. The van der Waals surface area contributed by atoms with Crippen molar-refractivity contribution in [2.75, 3.05) is 19.8 Å². The molecule has 2 aromatic rings. The van der Waals surface area contributed by atoms with E-state index in [0.717, 1.165) is 5.69 Å². The van der Waals surface area contributed by atoms with E-state index in [1.54, 1.807) is 29.1 Å². The minimum atomic E-state index is -0.284. The third-order valence-corrected chi connectivity index (χ3v) is 4.78. The summed E-state index contributed by atoms with van der Waals surface area (Å²) in [5, 5.41) is 12.2. The number of carbonyl (C=O) groups is 1. The average molecular weight is 354 g/mol. The average Bonchev–Trinajstić information content (AvgIpc) is 3.16. The van der Waals surface area contributed by atoms with E-state index >= 15 is 0 Å². The van der Waals surface area contributed by atoms with Crippen LogP contribution in [0.4, 0.5) is 0 Å². The Morgan fingerprint density at radius 3 is 3.00 bits per heavy atom. The van der Waals surface area contributed by atoms with Crippen LogP contribution >= 0.6 is 23.2 Å². The van der Waals surface area contributed by atoms with Crippen molar-refractivity contribution in [2.45, 2.75) is 12.2 Å². The molecule has 0 aliphatic carbocycles. The Morgan fingerprint density at radius 2 is 2.17 bits per heavy atom. The van der Waals surface area contributed by atoms with Gasteiger partial charge in [-0.15, -0.1) is 5.10 Å². The Morgan fingerprint density at radius 1 is 1.30 bits per heavy atom. The SMILES string of the molecule is O=C1NC(c2cn(-c3ccc(Cl)c(Cl)c3)nn2)N2CCOCC12. The van der Waals surface area contributed by atoms with E-state index in [-0.39, 0.29) is 18.1 Å². The van der Waals surface area contributed by atoms with E-state index in [9.17, 15) is 4.79 Å². The number of carbonyl (C=O) groups excluding carboxylic acids is 1. The number of halogens is 2. The number of nitrogens with zero attached hydrogens (tertiary/aromatic N) is 4. The molecule has 9 heteroatoms. The van der Waals surface area contributed by atoms with Gasteiger partial charge in [-0.05, 0) is 18.2 Å². The zero-order valence-electron chi connectivity index (χ0n) is 11.9. The fourth-order valence-corrected chi connectivity index (χ4v) is 3.16. The normalized spacial score (nSPS) is 24.5. The van der Waals surface area contributed by atoms with Crippen LogP contribution < -0.4 is 5.32 Å².